The average Bonchev–Trinajstić information content (AvgIpc) is 2.84. The van der Waals surface area contributed by atoms with Crippen LogP contribution in [0, 0.1) is 11.8 Å². The lowest BCUT2D eigenvalue weighted by Crippen LogP contribution is -2.70. The highest BCUT2D eigenvalue weighted by molar-refractivity contribution is 5.81. The van der Waals surface area contributed by atoms with Crippen molar-refractivity contribution in [2.45, 2.75) is 69.0 Å². The number of carbonyl (C=O) groups excluding carboxylic acids is 2. The van der Waals surface area contributed by atoms with E-state index in [2.05, 4.69) is 16.0 Å². The molecule has 4 aliphatic heterocycles. The highest BCUT2D eigenvalue weighted by atomic mass is 19.1. The molecule has 3 fully saturated rings. The molecule has 3 saturated heterocycles. The molecular weight excluding hydrogens is 498 g/mol. The summed E-state index contributed by atoms with van der Waals surface area (Å²) in [7, 11) is 1.70. The van der Waals surface area contributed by atoms with Crippen molar-refractivity contribution in [3.63, 3.8) is 0 Å². The molecule has 0 aromatic heterocycles. The van der Waals surface area contributed by atoms with Crippen LogP contribution in [0.1, 0.15) is 26.2 Å². The third kappa shape index (κ3) is 6.50. The van der Waals surface area contributed by atoms with Gasteiger partial charge in [0.15, 0.2) is 12.4 Å². The molecule has 0 aromatic carbocycles. The Bertz CT molecular complexity index is 852. The van der Waals surface area contributed by atoms with Gasteiger partial charge in [0.05, 0.1) is 43.4 Å². The minimum atomic E-state index is -1.20. The summed E-state index contributed by atoms with van der Waals surface area (Å²) < 4.78 is 36.7. The average molecular weight is 544 g/mol. The number of hydrogen-bond acceptors (Lipinski definition) is 8. The van der Waals surface area contributed by atoms with Crippen LogP contribution >= 0.6 is 0 Å². The molecule has 11 nitrogen and oxygen atoms in total. The second kappa shape index (κ2) is 13.1. The van der Waals surface area contributed by atoms with Gasteiger partial charge in [0.1, 0.15) is 19.1 Å². The lowest BCUT2D eigenvalue weighted by atomic mass is 9.93. The smallest absolute Gasteiger partial charge is 0.234 e. The molecule has 4 rings (SSSR count). The number of ether oxygens (including phenoxy) is 1. The van der Waals surface area contributed by atoms with E-state index in [1.807, 2.05) is 16.7 Å². The predicted octanol–water partition coefficient (Wildman–Crippen LogP) is -2.03. The first-order valence-corrected chi connectivity index (χ1v) is 13.9. The molecule has 13 heteroatoms. The maximum absolute atomic E-state index is 15.3. The Hall–Kier alpha value is -1.77. The van der Waals surface area contributed by atoms with E-state index in [0.29, 0.717) is 52.4 Å². The maximum atomic E-state index is 15.3. The lowest BCUT2D eigenvalue weighted by molar-refractivity contribution is -0.556. The van der Waals surface area contributed by atoms with Gasteiger partial charge in [0.25, 0.3) is 0 Å². The van der Waals surface area contributed by atoms with Crippen LogP contribution in [0.15, 0.2) is 0 Å². The van der Waals surface area contributed by atoms with E-state index in [0.717, 1.165) is 12.8 Å². The number of nitrogens with one attached hydrogen (secondary N) is 3. The van der Waals surface area contributed by atoms with Crippen LogP contribution in [0.2, 0.25) is 0 Å². The molecule has 7 unspecified atom stereocenters. The van der Waals surface area contributed by atoms with E-state index in [-0.39, 0.29) is 18.4 Å². The Morgan fingerprint density at radius 2 is 1.89 bits per heavy atom. The van der Waals surface area contributed by atoms with Crippen LogP contribution in [-0.2, 0) is 14.3 Å². The lowest BCUT2D eigenvalue weighted by Gasteiger charge is -2.46. The van der Waals surface area contributed by atoms with Gasteiger partial charge >= 0.3 is 0 Å². The molecule has 4 aliphatic rings. The molecule has 216 valence electrons. The zero-order chi connectivity index (χ0) is 27.4. The number of rotatable bonds is 9. The van der Waals surface area contributed by atoms with Crippen LogP contribution in [-0.4, -0.2) is 135 Å². The number of alkyl halides is 2. The number of unbranched alkanes of at least 4 members (excludes halogenated alkanes) is 1. The fraction of sp³-hybridized carbons (Fsp3) is 0.880. The fourth-order valence-corrected chi connectivity index (χ4v) is 6.05. The van der Waals surface area contributed by atoms with Crippen molar-refractivity contribution in [2.24, 2.45) is 23.3 Å². The minimum Gasteiger partial charge on any atom is -0.380 e. The van der Waals surface area contributed by atoms with Gasteiger partial charge in [0, 0.05) is 39.3 Å². The number of amides is 2. The molecule has 7 atom stereocenters. The second-order valence-corrected chi connectivity index (χ2v) is 11.1. The first-order valence-electron chi connectivity index (χ1n) is 13.9. The van der Waals surface area contributed by atoms with Crippen LogP contribution in [0.3, 0.4) is 0 Å². The van der Waals surface area contributed by atoms with Gasteiger partial charge in [-0.15, -0.1) is 0 Å². The summed E-state index contributed by atoms with van der Waals surface area (Å²) in [5.74, 6) is -1.25. The largest absolute Gasteiger partial charge is 0.380 e. The third-order valence-corrected chi connectivity index (χ3v) is 8.36. The monoisotopic (exact) mass is 543 g/mol. The summed E-state index contributed by atoms with van der Waals surface area (Å²) in [6.45, 7) is 5.63. The second-order valence-electron chi connectivity index (χ2n) is 11.1. The molecule has 0 aromatic rings. The van der Waals surface area contributed by atoms with Gasteiger partial charge in [-0.25, -0.2) is 13.4 Å². The van der Waals surface area contributed by atoms with Crippen molar-refractivity contribution >= 4 is 18.0 Å². The summed E-state index contributed by atoms with van der Waals surface area (Å²) in [5.41, 5.74) is 12.2. The van der Waals surface area contributed by atoms with E-state index in [9.17, 15) is 14.0 Å². The summed E-state index contributed by atoms with van der Waals surface area (Å²) in [6, 6.07) is -1.50. The SMILES string of the molecule is CCCCC1NC(C(C(=O)NC2CNCC(F)C2N2CCN(C(=O)C3COC3)CC2)C(N)N)[N+](C)=CC1F. The number of nitrogens with two attached hydrogens (primary N) is 2. The van der Waals surface area contributed by atoms with E-state index >= 15 is 4.39 Å². The quantitative estimate of drug-likeness (QED) is 0.166. The molecule has 4 heterocycles. The van der Waals surface area contributed by atoms with E-state index in [1.165, 1.54) is 6.21 Å². The Labute approximate surface area is 223 Å². The number of nitrogens with zero attached hydrogens (tertiary/aromatic N) is 3. The van der Waals surface area contributed by atoms with Crippen molar-refractivity contribution in [3.05, 3.63) is 0 Å². The van der Waals surface area contributed by atoms with E-state index in [1.54, 1.807) is 11.6 Å². The number of carbonyl (C=O) groups is 2. The first kappa shape index (κ1) is 29.2. The molecule has 0 bridgehead atoms. The zero-order valence-corrected chi connectivity index (χ0v) is 22.5. The molecule has 0 aliphatic carbocycles. The number of piperazine rings is 1. The van der Waals surface area contributed by atoms with Crippen molar-refractivity contribution in [3.8, 4) is 0 Å². The Kier molecular flexibility index (Phi) is 10.0. The highest BCUT2D eigenvalue weighted by Gasteiger charge is 2.46. The predicted molar refractivity (Wildman–Crippen MR) is 139 cm³/mol. The summed E-state index contributed by atoms with van der Waals surface area (Å²) in [5, 5.41) is 9.35. The van der Waals surface area contributed by atoms with E-state index in [4.69, 9.17) is 16.2 Å². The molecule has 38 heavy (non-hydrogen) atoms. The van der Waals surface area contributed by atoms with Crippen molar-refractivity contribution in [1.29, 1.82) is 0 Å². The van der Waals surface area contributed by atoms with Gasteiger partial charge in [-0.1, -0.05) is 19.8 Å². The standard InChI is InChI=1S/C25H44F2N8O3/c1-3-4-5-18-17(27)12-33(2)23(31-18)20(22(28)29)24(36)32-19-11-30-10-16(26)21(19)34-6-8-35(9-7-34)25(37)15-13-38-14-15/h12,15-23,30-31H,3-11,13-14,28-29H2,1-2H3/p+1. The van der Waals surface area contributed by atoms with Crippen LogP contribution in [0.25, 0.3) is 0 Å². The summed E-state index contributed by atoms with van der Waals surface area (Å²) in [4.78, 5) is 30.0. The highest BCUT2D eigenvalue weighted by Crippen LogP contribution is 2.22. The van der Waals surface area contributed by atoms with E-state index < -0.39 is 54.6 Å². The first-order chi connectivity index (χ1) is 18.2. The minimum absolute atomic E-state index is 0.0724. The number of halogens is 2. The van der Waals surface area contributed by atoms with Gasteiger partial charge in [0.2, 0.25) is 18.0 Å². The van der Waals surface area contributed by atoms with Crippen molar-refractivity contribution in [1.82, 2.24) is 25.8 Å². The Balaban J connectivity index is 1.42. The normalized spacial score (nSPS) is 34.0. The number of piperidine rings is 1. The fourth-order valence-electron chi connectivity index (χ4n) is 6.05. The molecular formula is C25H45F2N8O3+. The van der Waals surface area contributed by atoms with Crippen molar-refractivity contribution in [2.75, 3.05) is 59.5 Å². The summed E-state index contributed by atoms with van der Waals surface area (Å²) >= 11 is 0. The zero-order valence-electron chi connectivity index (χ0n) is 22.5. The maximum Gasteiger partial charge on any atom is 0.234 e. The van der Waals surface area contributed by atoms with Gasteiger partial charge < -0.3 is 31.7 Å². The summed E-state index contributed by atoms with van der Waals surface area (Å²) in [6.07, 6.45) is -0.0791. The van der Waals surface area contributed by atoms with Gasteiger partial charge in [-0.05, 0) is 6.42 Å². The Morgan fingerprint density at radius 3 is 2.50 bits per heavy atom. The van der Waals surface area contributed by atoms with Crippen LogP contribution in [0.5, 0.6) is 0 Å². The van der Waals surface area contributed by atoms with Gasteiger partial charge in [-0.3, -0.25) is 19.8 Å². The van der Waals surface area contributed by atoms with Crippen LogP contribution < -0.4 is 27.4 Å². The number of hydrogen-bond donors (Lipinski definition) is 5. The topological polar surface area (TPSA) is 141 Å². The molecule has 2 amide bonds. The Morgan fingerprint density at radius 1 is 1.18 bits per heavy atom. The third-order valence-electron chi connectivity index (χ3n) is 8.36. The van der Waals surface area contributed by atoms with Crippen molar-refractivity contribution < 1.29 is 27.7 Å². The van der Waals surface area contributed by atoms with Gasteiger partial charge in [-0.2, -0.15) is 0 Å². The molecule has 0 radical (unpaired) electrons. The molecule has 7 N–H and O–H groups in total. The molecule has 0 saturated carbocycles. The molecule has 0 spiro atoms. The van der Waals surface area contributed by atoms with Crippen LogP contribution in [0.4, 0.5) is 8.78 Å².